The summed E-state index contributed by atoms with van der Waals surface area (Å²) in [6.45, 7) is 3.50. The van der Waals surface area contributed by atoms with Crippen LogP contribution in [0.15, 0.2) is 72.8 Å². The van der Waals surface area contributed by atoms with Gasteiger partial charge in [-0.2, -0.15) is 13.2 Å². The van der Waals surface area contributed by atoms with Gasteiger partial charge in [0.25, 0.3) is 5.91 Å². The van der Waals surface area contributed by atoms with Crippen molar-refractivity contribution in [3.63, 3.8) is 0 Å². The van der Waals surface area contributed by atoms with Gasteiger partial charge in [0.1, 0.15) is 17.3 Å². The maximum absolute atomic E-state index is 13.4. The predicted octanol–water partition coefficient (Wildman–Crippen LogP) is 6.77. The van der Waals surface area contributed by atoms with Crippen LogP contribution in [0.3, 0.4) is 0 Å². The number of hydrogen-bond acceptors (Lipinski definition) is 3. The summed E-state index contributed by atoms with van der Waals surface area (Å²) in [5.74, 6) is -0.176. The van der Waals surface area contributed by atoms with Crippen molar-refractivity contribution >= 4 is 5.91 Å². The number of rotatable bonds is 8. The number of ether oxygens (including phenoxy) is 1. The maximum Gasteiger partial charge on any atom is 0.416 e. The number of likely N-dealkylation sites (tertiary alicyclic amines) is 1. The molecule has 0 unspecified atom stereocenters. The van der Waals surface area contributed by atoms with Gasteiger partial charge in [0, 0.05) is 25.2 Å². The molecular weight excluding hydrogens is 472 g/mol. The summed E-state index contributed by atoms with van der Waals surface area (Å²) >= 11 is 0. The Labute approximate surface area is 208 Å². The Morgan fingerprint density at radius 1 is 0.889 bits per heavy atom. The quantitative estimate of drug-likeness (QED) is 0.320. The summed E-state index contributed by atoms with van der Waals surface area (Å²) < 4.78 is 58.2. The molecule has 8 heteroatoms. The van der Waals surface area contributed by atoms with Gasteiger partial charge in [0.15, 0.2) is 0 Å². The molecule has 1 heterocycles. The van der Waals surface area contributed by atoms with Crippen LogP contribution < -0.4 is 4.74 Å². The molecule has 4 nitrogen and oxygen atoms in total. The largest absolute Gasteiger partial charge is 0.457 e. The highest BCUT2D eigenvalue weighted by Crippen LogP contribution is 2.33. The Kier molecular flexibility index (Phi) is 8.25. The van der Waals surface area contributed by atoms with E-state index >= 15 is 0 Å². The minimum Gasteiger partial charge on any atom is -0.457 e. The van der Waals surface area contributed by atoms with Crippen LogP contribution >= 0.6 is 0 Å². The minimum atomic E-state index is -4.46. The first kappa shape index (κ1) is 25.7. The average Bonchev–Trinajstić information content (AvgIpc) is 2.87. The Morgan fingerprint density at radius 2 is 1.56 bits per heavy atom. The van der Waals surface area contributed by atoms with E-state index in [1.807, 2.05) is 6.07 Å². The third-order valence-corrected chi connectivity index (χ3v) is 6.18. The zero-order valence-corrected chi connectivity index (χ0v) is 19.8. The number of nitrogens with zero attached hydrogens (tertiary/aromatic N) is 2. The number of carbonyl (C=O) groups is 1. The van der Waals surface area contributed by atoms with Crippen molar-refractivity contribution in [1.29, 1.82) is 0 Å². The fraction of sp³-hybridized carbons (Fsp3) is 0.321. The molecule has 0 aromatic heterocycles. The van der Waals surface area contributed by atoms with Crippen molar-refractivity contribution in [3.8, 4) is 11.5 Å². The van der Waals surface area contributed by atoms with E-state index in [2.05, 4.69) is 4.90 Å². The lowest BCUT2D eigenvalue weighted by atomic mass is 10.1. The molecule has 0 atom stereocenters. The van der Waals surface area contributed by atoms with E-state index in [-0.39, 0.29) is 18.2 Å². The van der Waals surface area contributed by atoms with E-state index in [1.165, 1.54) is 42.8 Å². The zero-order chi connectivity index (χ0) is 25.5. The van der Waals surface area contributed by atoms with Crippen LogP contribution in [0.5, 0.6) is 11.5 Å². The molecule has 0 saturated carbocycles. The molecule has 3 aromatic carbocycles. The maximum atomic E-state index is 13.4. The summed E-state index contributed by atoms with van der Waals surface area (Å²) in [4.78, 5) is 17.3. The van der Waals surface area contributed by atoms with Crippen LogP contribution in [0.4, 0.5) is 17.6 Å². The standard InChI is InChI=1S/C28H28F4N2O2/c29-24-12-10-22(11-13-24)27(35)34(17-16-33-14-2-1-3-15-33)20-21-6-4-8-25(18-21)36-26-9-5-7-23(19-26)28(30,31)32/h4-13,18-19H,1-3,14-17,20H2. The molecular formula is C28H28F4N2O2. The molecule has 0 spiro atoms. The van der Waals surface area contributed by atoms with Gasteiger partial charge in [0.2, 0.25) is 0 Å². The van der Waals surface area contributed by atoms with E-state index < -0.39 is 17.6 Å². The Hall–Kier alpha value is -3.39. The van der Waals surface area contributed by atoms with Crippen molar-refractivity contribution in [1.82, 2.24) is 9.80 Å². The molecule has 4 rings (SSSR count). The van der Waals surface area contributed by atoms with Gasteiger partial charge in [-0.25, -0.2) is 4.39 Å². The van der Waals surface area contributed by atoms with Gasteiger partial charge in [0.05, 0.1) is 5.56 Å². The smallest absolute Gasteiger partial charge is 0.416 e. The monoisotopic (exact) mass is 500 g/mol. The van der Waals surface area contributed by atoms with E-state index in [4.69, 9.17) is 4.74 Å². The van der Waals surface area contributed by atoms with Crippen LogP contribution in [0, 0.1) is 5.82 Å². The van der Waals surface area contributed by atoms with Crippen molar-refractivity contribution in [2.24, 2.45) is 0 Å². The van der Waals surface area contributed by atoms with E-state index in [0.29, 0.717) is 17.9 Å². The second-order valence-corrected chi connectivity index (χ2v) is 8.91. The number of carbonyl (C=O) groups excluding carboxylic acids is 1. The molecule has 0 bridgehead atoms. The first-order chi connectivity index (χ1) is 17.3. The molecule has 0 N–H and O–H groups in total. The Morgan fingerprint density at radius 3 is 2.25 bits per heavy atom. The highest BCUT2D eigenvalue weighted by molar-refractivity contribution is 5.94. The topological polar surface area (TPSA) is 32.8 Å². The normalized spacial score (nSPS) is 14.4. The SMILES string of the molecule is O=C(c1ccc(F)cc1)N(CCN1CCCCC1)Cc1cccc(Oc2cccc(C(F)(F)F)c2)c1. The van der Waals surface area contributed by atoms with Gasteiger partial charge in [-0.05, 0) is 86.1 Å². The number of halogens is 4. The fourth-order valence-corrected chi connectivity index (χ4v) is 4.27. The number of benzene rings is 3. The second kappa shape index (κ2) is 11.6. The summed E-state index contributed by atoms with van der Waals surface area (Å²) in [7, 11) is 0. The van der Waals surface area contributed by atoms with Gasteiger partial charge in [-0.15, -0.1) is 0 Å². The van der Waals surface area contributed by atoms with Gasteiger partial charge in [-0.3, -0.25) is 4.79 Å². The third-order valence-electron chi connectivity index (χ3n) is 6.18. The fourth-order valence-electron chi connectivity index (χ4n) is 4.27. The van der Waals surface area contributed by atoms with Crippen molar-refractivity contribution in [2.75, 3.05) is 26.2 Å². The van der Waals surface area contributed by atoms with Crippen LogP contribution in [0.2, 0.25) is 0 Å². The summed E-state index contributed by atoms with van der Waals surface area (Å²) in [6, 6.07) is 17.1. The second-order valence-electron chi connectivity index (χ2n) is 8.91. The van der Waals surface area contributed by atoms with Crippen LogP contribution in [-0.2, 0) is 12.7 Å². The number of piperidine rings is 1. The number of amides is 1. The molecule has 3 aromatic rings. The van der Waals surface area contributed by atoms with Gasteiger partial charge in [-0.1, -0.05) is 24.6 Å². The first-order valence-electron chi connectivity index (χ1n) is 12.0. The lowest BCUT2D eigenvalue weighted by Crippen LogP contribution is -2.40. The van der Waals surface area contributed by atoms with E-state index in [9.17, 15) is 22.4 Å². The molecule has 1 fully saturated rings. The first-order valence-corrected chi connectivity index (χ1v) is 12.0. The molecule has 0 radical (unpaired) electrons. The van der Waals surface area contributed by atoms with Crippen LogP contribution in [0.1, 0.15) is 40.7 Å². The summed E-state index contributed by atoms with van der Waals surface area (Å²) in [6.07, 6.45) is -0.966. The highest BCUT2D eigenvalue weighted by Gasteiger charge is 2.30. The molecule has 0 aliphatic carbocycles. The molecule has 1 saturated heterocycles. The summed E-state index contributed by atoms with van der Waals surface area (Å²) in [5, 5.41) is 0. The minimum absolute atomic E-state index is 0.0753. The lowest BCUT2D eigenvalue weighted by Gasteiger charge is -2.30. The van der Waals surface area contributed by atoms with Crippen molar-refractivity contribution in [2.45, 2.75) is 32.0 Å². The van der Waals surface area contributed by atoms with Crippen LogP contribution in [0.25, 0.3) is 0 Å². The highest BCUT2D eigenvalue weighted by atomic mass is 19.4. The summed E-state index contributed by atoms with van der Waals surface area (Å²) in [5.41, 5.74) is 0.380. The molecule has 1 amide bonds. The molecule has 190 valence electrons. The Balaban J connectivity index is 1.50. The molecule has 36 heavy (non-hydrogen) atoms. The lowest BCUT2D eigenvalue weighted by molar-refractivity contribution is -0.137. The number of hydrogen-bond donors (Lipinski definition) is 0. The number of alkyl halides is 3. The predicted molar refractivity (Wildman–Crippen MR) is 129 cm³/mol. The third kappa shape index (κ3) is 7.07. The van der Waals surface area contributed by atoms with Gasteiger partial charge >= 0.3 is 6.18 Å². The molecule has 1 aliphatic rings. The van der Waals surface area contributed by atoms with Crippen LogP contribution in [-0.4, -0.2) is 41.9 Å². The zero-order valence-electron chi connectivity index (χ0n) is 19.8. The van der Waals surface area contributed by atoms with Gasteiger partial charge < -0.3 is 14.5 Å². The van der Waals surface area contributed by atoms with Crippen molar-refractivity contribution in [3.05, 3.63) is 95.3 Å². The van der Waals surface area contributed by atoms with Crippen molar-refractivity contribution < 1.29 is 27.1 Å². The van der Waals surface area contributed by atoms with E-state index in [0.717, 1.165) is 50.2 Å². The average molecular weight is 501 g/mol. The molecule has 1 aliphatic heterocycles. The Bertz CT molecular complexity index is 1160. The van der Waals surface area contributed by atoms with E-state index in [1.54, 1.807) is 23.1 Å².